The van der Waals surface area contributed by atoms with E-state index in [1.807, 2.05) is 30.3 Å². The number of nitriles is 1. The van der Waals surface area contributed by atoms with Crippen LogP contribution < -0.4 is 10.1 Å². The first-order valence-corrected chi connectivity index (χ1v) is 4.07. The van der Waals surface area contributed by atoms with Gasteiger partial charge < -0.3 is 10.1 Å². The number of nitrogens with one attached hydrogen (secondary N) is 1. The van der Waals surface area contributed by atoms with Crippen LogP contribution in [0.2, 0.25) is 0 Å². The molecule has 1 N–H and O–H groups in total. The smallest absolute Gasteiger partial charge is 0.118 e. The molecule has 0 bridgehead atoms. The third-order valence-electron chi connectivity index (χ3n) is 1.69. The zero-order chi connectivity index (χ0) is 9.52. The van der Waals surface area contributed by atoms with Crippen molar-refractivity contribution in [2.75, 3.05) is 13.7 Å². The molecule has 3 nitrogen and oxygen atoms in total. The van der Waals surface area contributed by atoms with E-state index in [-0.39, 0.29) is 17.0 Å². The Labute approximate surface area is 94.5 Å². The van der Waals surface area contributed by atoms with Crippen LogP contribution in [0.25, 0.3) is 0 Å². The quantitative estimate of drug-likeness (QED) is 0.661. The van der Waals surface area contributed by atoms with Crippen molar-refractivity contribution in [2.45, 2.75) is 6.54 Å². The Morgan fingerprint density at radius 2 is 2.00 bits per heavy atom. The lowest BCUT2D eigenvalue weighted by atomic mass is 10.2. The minimum Gasteiger partial charge on any atom is -0.497 e. The van der Waals surface area contributed by atoms with Gasteiger partial charge in [0.05, 0.1) is 19.7 Å². The van der Waals surface area contributed by atoms with Crippen molar-refractivity contribution in [2.24, 2.45) is 0 Å². The summed E-state index contributed by atoms with van der Waals surface area (Å²) in [7, 11) is 1.64. The number of ether oxygens (including phenoxy) is 1. The molecule has 0 saturated carbocycles. The van der Waals surface area contributed by atoms with Gasteiger partial charge in [-0.05, 0) is 17.7 Å². The van der Waals surface area contributed by atoms with E-state index in [9.17, 15) is 0 Å². The molecule has 0 saturated heterocycles. The molecule has 0 aliphatic carbocycles. The van der Waals surface area contributed by atoms with E-state index in [0.717, 1.165) is 17.9 Å². The second-order valence-electron chi connectivity index (χ2n) is 2.61. The maximum Gasteiger partial charge on any atom is 0.118 e. The molecule has 14 heavy (non-hydrogen) atoms. The van der Waals surface area contributed by atoms with Crippen molar-refractivity contribution in [3.63, 3.8) is 0 Å². The predicted octanol–water partition coefficient (Wildman–Crippen LogP) is 1.89. The van der Waals surface area contributed by atoms with Gasteiger partial charge in [0, 0.05) is 6.54 Å². The molecule has 0 aliphatic rings. The molecule has 1 aromatic rings. The van der Waals surface area contributed by atoms with Gasteiger partial charge in [0.1, 0.15) is 5.75 Å². The lowest BCUT2D eigenvalue weighted by Crippen LogP contribution is -2.12. The number of hydrogen-bond donors (Lipinski definition) is 1. The van der Waals surface area contributed by atoms with Gasteiger partial charge in [0.15, 0.2) is 0 Å². The summed E-state index contributed by atoms with van der Waals surface area (Å²) < 4.78 is 5.02. The predicted molar refractivity (Wildman–Crippen MR) is 60.6 cm³/mol. The molecule has 0 spiro atoms. The Hall–Kier alpha value is -1.05. The van der Waals surface area contributed by atoms with Crippen molar-refractivity contribution in [3.05, 3.63) is 29.8 Å². The highest BCUT2D eigenvalue weighted by molar-refractivity contribution is 8.93. The molecule has 1 rings (SSSR count). The SMILES string of the molecule is Br.COc1ccc(CNCC#N)cc1. The first-order chi connectivity index (χ1) is 6.36. The van der Waals surface area contributed by atoms with Gasteiger partial charge in [-0.3, -0.25) is 0 Å². The van der Waals surface area contributed by atoms with Crippen LogP contribution in [0.4, 0.5) is 0 Å². The fourth-order valence-corrected chi connectivity index (χ4v) is 1.01. The van der Waals surface area contributed by atoms with E-state index in [0.29, 0.717) is 6.54 Å². The van der Waals surface area contributed by atoms with Crippen molar-refractivity contribution >= 4 is 17.0 Å². The van der Waals surface area contributed by atoms with E-state index < -0.39 is 0 Å². The zero-order valence-corrected chi connectivity index (χ0v) is 9.70. The van der Waals surface area contributed by atoms with Crippen molar-refractivity contribution in [3.8, 4) is 11.8 Å². The summed E-state index contributed by atoms with van der Waals surface area (Å²) in [4.78, 5) is 0. The van der Waals surface area contributed by atoms with E-state index in [1.54, 1.807) is 7.11 Å². The van der Waals surface area contributed by atoms with Crippen LogP contribution in [0.5, 0.6) is 5.75 Å². The third-order valence-corrected chi connectivity index (χ3v) is 1.69. The zero-order valence-electron chi connectivity index (χ0n) is 7.99. The summed E-state index contributed by atoms with van der Waals surface area (Å²) in [5.74, 6) is 0.851. The highest BCUT2D eigenvalue weighted by Crippen LogP contribution is 2.10. The molecule has 4 heteroatoms. The highest BCUT2D eigenvalue weighted by atomic mass is 79.9. The van der Waals surface area contributed by atoms with Crippen LogP contribution in [-0.2, 0) is 6.54 Å². The first kappa shape index (κ1) is 12.9. The van der Waals surface area contributed by atoms with Crippen LogP contribution in [0.1, 0.15) is 5.56 Å². The van der Waals surface area contributed by atoms with Gasteiger partial charge in [-0.15, -0.1) is 17.0 Å². The molecule has 0 aliphatic heterocycles. The third kappa shape index (κ3) is 4.26. The van der Waals surface area contributed by atoms with E-state index in [1.165, 1.54) is 0 Å². The highest BCUT2D eigenvalue weighted by Gasteiger charge is 1.92. The summed E-state index contributed by atoms with van der Waals surface area (Å²) in [6.07, 6.45) is 0. The van der Waals surface area contributed by atoms with E-state index in [2.05, 4.69) is 5.32 Å². The Morgan fingerprint density at radius 1 is 1.36 bits per heavy atom. The van der Waals surface area contributed by atoms with E-state index in [4.69, 9.17) is 10.00 Å². The van der Waals surface area contributed by atoms with Gasteiger partial charge in [-0.25, -0.2) is 0 Å². The van der Waals surface area contributed by atoms with Gasteiger partial charge in [-0.1, -0.05) is 12.1 Å². The Kier molecular flexibility index (Phi) is 6.81. The lowest BCUT2D eigenvalue weighted by Gasteiger charge is -2.02. The minimum absolute atomic E-state index is 0. The topological polar surface area (TPSA) is 45.0 Å². The molecule has 0 unspecified atom stereocenters. The number of benzene rings is 1. The standard InChI is InChI=1S/C10H12N2O.BrH/c1-13-10-4-2-9(3-5-10)8-12-7-6-11;/h2-5,12H,7-8H2,1H3;1H. The maximum absolute atomic E-state index is 8.29. The van der Waals surface area contributed by atoms with Crippen molar-refractivity contribution in [1.82, 2.24) is 5.32 Å². The van der Waals surface area contributed by atoms with Crippen molar-refractivity contribution < 1.29 is 4.74 Å². The van der Waals surface area contributed by atoms with Gasteiger partial charge in [0.25, 0.3) is 0 Å². The minimum atomic E-state index is 0. The van der Waals surface area contributed by atoms with Crippen LogP contribution >= 0.6 is 17.0 Å². The second-order valence-corrected chi connectivity index (χ2v) is 2.61. The Bertz CT molecular complexity index is 292. The number of hydrogen-bond acceptors (Lipinski definition) is 3. The second kappa shape index (κ2) is 7.36. The number of halogens is 1. The Morgan fingerprint density at radius 3 is 2.50 bits per heavy atom. The fraction of sp³-hybridized carbons (Fsp3) is 0.300. The molecule has 0 atom stereocenters. The fourth-order valence-electron chi connectivity index (χ4n) is 1.01. The molecule has 0 amide bonds. The normalized spacial score (nSPS) is 8.57. The largest absolute Gasteiger partial charge is 0.497 e. The van der Waals surface area contributed by atoms with Crippen LogP contribution in [0.3, 0.4) is 0 Å². The average Bonchev–Trinajstić information content (AvgIpc) is 2.19. The summed E-state index contributed by atoms with van der Waals surface area (Å²) >= 11 is 0. The van der Waals surface area contributed by atoms with Crippen LogP contribution in [0.15, 0.2) is 24.3 Å². The molecular weight excluding hydrogens is 244 g/mol. The summed E-state index contributed by atoms with van der Waals surface area (Å²) in [6.45, 7) is 1.10. The van der Waals surface area contributed by atoms with Crippen LogP contribution in [-0.4, -0.2) is 13.7 Å². The number of methoxy groups -OCH3 is 1. The molecule has 0 heterocycles. The monoisotopic (exact) mass is 256 g/mol. The molecule has 76 valence electrons. The molecule has 0 fully saturated rings. The summed E-state index contributed by atoms with van der Waals surface area (Å²) in [5.41, 5.74) is 1.15. The maximum atomic E-state index is 8.29. The average molecular weight is 257 g/mol. The van der Waals surface area contributed by atoms with Crippen LogP contribution in [0, 0.1) is 11.3 Å². The number of rotatable bonds is 4. The summed E-state index contributed by atoms with van der Waals surface area (Å²) in [5, 5.41) is 11.3. The van der Waals surface area contributed by atoms with Gasteiger partial charge >= 0.3 is 0 Å². The van der Waals surface area contributed by atoms with Gasteiger partial charge in [-0.2, -0.15) is 5.26 Å². The first-order valence-electron chi connectivity index (χ1n) is 4.07. The lowest BCUT2D eigenvalue weighted by molar-refractivity contribution is 0.414. The number of nitrogens with zero attached hydrogens (tertiary/aromatic N) is 1. The van der Waals surface area contributed by atoms with Gasteiger partial charge in [0.2, 0.25) is 0 Å². The van der Waals surface area contributed by atoms with E-state index >= 15 is 0 Å². The summed E-state index contributed by atoms with van der Waals surface area (Å²) in [6, 6.07) is 9.79. The molecule has 0 radical (unpaired) electrons. The molecule has 0 aromatic heterocycles. The molecular formula is C10H13BrN2O. The Balaban J connectivity index is 0.00000169. The van der Waals surface area contributed by atoms with Crippen molar-refractivity contribution in [1.29, 1.82) is 5.26 Å². The molecule has 1 aromatic carbocycles.